The summed E-state index contributed by atoms with van der Waals surface area (Å²) in [6.07, 6.45) is -0.404. The molecule has 4 rings (SSSR count). The lowest BCUT2D eigenvalue weighted by Gasteiger charge is -2.32. The number of anilines is 2. The smallest absolute Gasteiger partial charge is 0.241 e. The molecular weight excluding hydrogens is 400 g/mol. The van der Waals surface area contributed by atoms with Gasteiger partial charge >= 0.3 is 0 Å². The topological polar surface area (TPSA) is 85.8 Å². The fraction of sp³-hybridized carbons (Fsp3) is 0.211. The molecule has 2 heterocycles. The molecule has 3 N–H and O–H groups in total. The fourth-order valence-corrected chi connectivity index (χ4v) is 3.93. The first-order chi connectivity index (χ1) is 14.0. The lowest BCUT2D eigenvalue weighted by molar-refractivity contribution is -0.121. The molecule has 0 bridgehead atoms. The summed E-state index contributed by atoms with van der Waals surface area (Å²) in [4.78, 5) is 31.3. The van der Waals surface area contributed by atoms with Crippen molar-refractivity contribution in [2.24, 2.45) is 10.9 Å². The minimum Gasteiger partial charge on any atom is -0.325 e. The molecule has 0 radical (unpaired) electrons. The Balaban J connectivity index is 1.49. The number of amides is 2. The van der Waals surface area contributed by atoms with Crippen molar-refractivity contribution in [3.63, 3.8) is 0 Å². The van der Waals surface area contributed by atoms with E-state index < -0.39 is 23.7 Å². The van der Waals surface area contributed by atoms with Crippen LogP contribution in [0.4, 0.5) is 20.2 Å². The van der Waals surface area contributed by atoms with E-state index in [1.54, 1.807) is 12.1 Å². The standard InChI is InChI=1S/C19H17F2N5O2S/c20-14-7-6-11(8-15(14)21)23-16(27)10-29-19-24-17-13(9-22-25-17)18(28)26(19)12-4-2-1-3-5-12/h1-8,13,17,22,25H,9-10H2,(H,23,27). The molecule has 1 saturated heterocycles. The average Bonchev–Trinajstić information content (AvgIpc) is 3.19. The van der Waals surface area contributed by atoms with Crippen LogP contribution in [-0.4, -0.2) is 35.4 Å². The van der Waals surface area contributed by atoms with Gasteiger partial charge in [-0.3, -0.25) is 19.9 Å². The zero-order chi connectivity index (χ0) is 20.4. The van der Waals surface area contributed by atoms with Gasteiger partial charge in [0.2, 0.25) is 11.8 Å². The van der Waals surface area contributed by atoms with Crippen molar-refractivity contribution in [2.75, 3.05) is 22.5 Å². The summed E-state index contributed by atoms with van der Waals surface area (Å²) >= 11 is 1.10. The van der Waals surface area contributed by atoms with Crippen LogP contribution in [0.1, 0.15) is 0 Å². The maximum Gasteiger partial charge on any atom is 0.241 e. The highest BCUT2D eigenvalue weighted by atomic mass is 32.2. The Morgan fingerprint density at radius 3 is 2.76 bits per heavy atom. The van der Waals surface area contributed by atoms with Crippen molar-refractivity contribution >= 4 is 40.1 Å². The van der Waals surface area contributed by atoms with Gasteiger partial charge in [-0.2, -0.15) is 0 Å². The zero-order valence-corrected chi connectivity index (χ0v) is 15.9. The summed E-state index contributed by atoms with van der Waals surface area (Å²) in [5.41, 5.74) is 6.70. The predicted molar refractivity (Wildman–Crippen MR) is 107 cm³/mol. The molecule has 2 atom stereocenters. The van der Waals surface area contributed by atoms with Crippen molar-refractivity contribution < 1.29 is 18.4 Å². The summed E-state index contributed by atoms with van der Waals surface area (Å²) in [6, 6.07) is 12.2. The van der Waals surface area contributed by atoms with Crippen LogP contribution in [0.3, 0.4) is 0 Å². The van der Waals surface area contributed by atoms with Crippen molar-refractivity contribution in [1.29, 1.82) is 0 Å². The summed E-state index contributed by atoms with van der Waals surface area (Å²) in [7, 11) is 0. The molecule has 150 valence electrons. The van der Waals surface area contributed by atoms with E-state index in [0.717, 1.165) is 23.9 Å². The lowest BCUT2D eigenvalue weighted by atomic mass is 10.1. The molecule has 2 aromatic carbocycles. The number of hydrazine groups is 1. The number of nitrogens with zero attached hydrogens (tertiary/aromatic N) is 2. The minimum atomic E-state index is -1.04. The molecule has 2 aromatic rings. The molecule has 10 heteroatoms. The van der Waals surface area contributed by atoms with Crippen LogP contribution in [0.15, 0.2) is 53.5 Å². The Hall–Kier alpha value is -2.82. The van der Waals surface area contributed by atoms with Gasteiger partial charge < -0.3 is 5.32 Å². The number of para-hydroxylation sites is 1. The molecule has 2 unspecified atom stereocenters. The number of amidine groups is 1. The van der Waals surface area contributed by atoms with E-state index in [0.29, 0.717) is 17.4 Å². The highest BCUT2D eigenvalue weighted by Crippen LogP contribution is 2.29. The average molecular weight is 417 g/mol. The second-order valence-corrected chi connectivity index (χ2v) is 7.41. The van der Waals surface area contributed by atoms with E-state index in [-0.39, 0.29) is 23.3 Å². The van der Waals surface area contributed by atoms with Crippen molar-refractivity contribution in [1.82, 2.24) is 10.9 Å². The molecule has 29 heavy (non-hydrogen) atoms. The molecule has 7 nitrogen and oxygen atoms in total. The Morgan fingerprint density at radius 2 is 2.00 bits per heavy atom. The molecular formula is C19H17F2N5O2S. The fourth-order valence-electron chi connectivity index (χ4n) is 3.08. The molecule has 0 aromatic heterocycles. The second-order valence-electron chi connectivity index (χ2n) is 6.46. The van der Waals surface area contributed by atoms with Gasteiger partial charge in [0.25, 0.3) is 0 Å². The Morgan fingerprint density at radius 1 is 1.21 bits per heavy atom. The maximum absolute atomic E-state index is 13.3. The zero-order valence-electron chi connectivity index (χ0n) is 15.1. The first-order valence-electron chi connectivity index (χ1n) is 8.86. The predicted octanol–water partition coefficient (Wildman–Crippen LogP) is 2.09. The minimum absolute atomic E-state index is 0.0563. The number of hydrogen-bond acceptors (Lipinski definition) is 6. The van der Waals surface area contributed by atoms with Gasteiger partial charge in [-0.25, -0.2) is 19.2 Å². The quantitative estimate of drug-likeness (QED) is 0.709. The number of benzene rings is 2. The number of rotatable bonds is 4. The molecule has 2 aliphatic rings. The third kappa shape index (κ3) is 4.14. The third-order valence-corrected chi connectivity index (χ3v) is 5.43. The molecule has 2 aliphatic heterocycles. The number of thioether (sulfide) groups is 1. The van der Waals surface area contributed by atoms with Crippen molar-refractivity contribution in [3.05, 3.63) is 60.2 Å². The van der Waals surface area contributed by atoms with E-state index in [9.17, 15) is 18.4 Å². The van der Waals surface area contributed by atoms with Crippen LogP contribution >= 0.6 is 11.8 Å². The van der Waals surface area contributed by atoms with Crippen LogP contribution in [0.25, 0.3) is 0 Å². The number of aliphatic imine (C=N–C) groups is 1. The number of hydrogen-bond donors (Lipinski definition) is 3. The molecule has 1 fully saturated rings. The summed E-state index contributed by atoms with van der Waals surface area (Å²) in [5, 5.41) is 2.90. The van der Waals surface area contributed by atoms with E-state index in [1.165, 1.54) is 11.0 Å². The number of halogens is 2. The van der Waals surface area contributed by atoms with Gasteiger partial charge in [0.1, 0.15) is 6.17 Å². The van der Waals surface area contributed by atoms with E-state index in [1.807, 2.05) is 18.2 Å². The number of fused-ring (bicyclic) bond motifs is 1. The molecule has 2 amide bonds. The molecule has 0 aliphatic carbocycles. The summed E-state index contributed by atoms with van der Waals surface area (Å²) in [6.45, 7) is 0.463. The van der Waals surface area contributed by atoms with Crippen LogP contribution in [-0.2, 0) is 9.59 Å². The lowest BCUT2D eigenvalue weighted by Crippen LogP contribution is -2.49. The van der Waals surface area contributed by atoms with E-state index in [2.05, 4.69) is 21.2 Å². The monoisotopic (exact) mass is 417 g/mol. The summed E-state index contributed by atoms with van der Waals surface area (Å²) < 4.78 is 26.3. The van der Waals surface area contributed by atoms with Crippen molar-refractivity contribution in [3.8, 4) is 0 Å². The van der Waals surface area contributed by atoms with Crippen LogP contribution in [0, 0.1) is 17.6 Å². The first-order valence-corrected chi connectivity index (χ1v) is 9.84. The largest absolute Gasteiger partial charge is 0.325 e. The highest BCUT2D eigenvalue weighted by molar-refractivity contribution is 8.14. The number of carbonyl (C=O) groups is 2. The van der Waals surface area contributed by atoms with E-state index >= 15 is 0 Å². The normalized spacial score (nSPS) is 21.0. The van der Waals surface area contributed by atoms with Gasteiger partial charge in [0, 0.05) is 18.3 Å². The Labute approximate surface area is 169 Å². The molecule has 0 saturated carbocycles. The first kappa shape index (κ1) is 19.5. The third-order valence-electron chi connectivity index (χ3n) is 4.48. The summed E-state index contributed by atoms with van der Waals surface area (Å²) in [5.74, 6) is -2.97. The van der Waals surface area contributed by atoms with Gasteiger partial charge in [-0.05, 0) is 24.3 Å². The van der Waals surface area contributed by atoms with Crippen LogP contribution < -0.4 is 21.1 Å². The Bertz CT molecular complexity index is 972. The van der Waals surface area contributed by atoms with Crippen LogP contribution in [0.2, 0.25) is 0 Å². The van der Waals surface area contributed by atoms with E-state index in [4.69, 9.17) is 0 Å². The van der Waals surface area contributed by atoms with Gasteiger partial charge in [0.15, 0.2) is 16.8 Å². The Kier molecular flexibility index (Phi) is 5.56. The number of carbonyl (C=O) groups excluding carboxylic acids is 2. The van der Waals surface area contributed by atoms with Gasteiger partial charge in [-0.15, -0.1) is 0 Å². The number of nitrogens with one attached hydrogen (secondary N) is 3. The highest BCUT2D eigenvalue weighted by Gasteiger charge is 2.42. The maximum atomic E-state index is 13.3. The van der Waals surface area contributed by atoms with Crippen LogP contribution in [0.5, 0.6) is 0 Å². The second kappa shape index (κ2) is 8.27. The van der Waals surface area contributed by atoms with Gasteiger partial charge in [0.05, 0.1) is 17.4 Å². The van der Waals surface area contributed by atoms with Crippen molar-refractivity contribution in [2.45, 2.75) is 6.17 Å². The van der Waals surface area contributed by atoms with Gasteiger partial charge in [-0.1, -0.05) is 30.0 Å². The molecule has 0 spiro atoms. The SMILES string of the molecule is O=C(CSC1=NC2NNCC2C(=O)N1c1ccccc1)Nc1ccc(F)c(F)c1.